The molecule has 0 bridgehead atoms. The molecule has 0 N–H and O–H groups in total. The second-order valence-electron chi connectivity index (χ2n) is 6.86. The first-order valence-corrected chi connectivity index (χ1v) is 9.90. The maximum Gasteiger partial charge on any atom is 0.401 e. The molecule has 1 fully saturated rings. The molecule has 1 aromatic heterocycles. The van der Waals surface area contributed by atoms with Crippen LogP contribution in [0.3, 0.4) is 0 Å². The standard InChI is InChI=1S/C20H20F3N3OS/c21-20(22,23)14-26-11-9-25(10-12-26)13-15-5-7-16(8-6-15)27-19-24-17-3-1-2-4-18(17)28-19/h1-8H,9-14H2. The van der Waals surface area contributed by atoms with Crippen molar-refractivity contribution < 1.29 is 17.9 Å². The molecule has 4 rings (SSSR count). The van der Waals surface area contributed by atoms with Crippen LogP contribution in [0.15, 0.2) is 48.5 Å². The number of nitrogens with zero attached hydrogens (tertiary/aromatic N) is 3. The Bertz CT molecular complexity index is 885. The number of alkyl halides is 3. The Balaban J connectivity index is 1.30. The number of fused-ring (bicyclic) bond motifs is 1. The number of hydrogen-bond acceptors (Lipinski definition) is 5. The van der Waals surface area contributed by atoms with Gasteiger partial charge in [-0.2, -0.15) is 13.2 Å². The van der Waals surface area contributed by atoms with Crippen molar-refractivity contribution in [1.82, 2.24) is 14.8 Å². The van der Waals surface area contributed by atoms with Gasteiger partial charge in [-0.15, -0.1) is 0 Å². The van der Waals surface area contributed by atoms with Crippen molar-refractivity contribution in [1.29, 1.82) is 0 Å². The lowest BCUT2D eigenvalue weighted by molar-refractivity contribution is -0.149. The van der Waals surface area contributed by atoms with Crippen molar-refractivity contribution in [2.45, 2.75) is 12.7 Å². The SMILES string of the molecule is FC(F)(F)CN1CCN(Cc2ccc(Oc3nc4ccccc4s3)cc2)CC1. The van der Waals surface area contributed by atoms with Crippen LogP contribution in [-0.4, -0.2) is 53.7 Å². The van der Waals surface area contributed by atoms with Crippen LogP contribution < -0.4 is 4.74 Å². The predicted octanol–water partition coefficient (Wildman–Crippen LogP) is 4.77. The Morgan fingerprint density at radius 1 is 0.929 bits per heavy atom. The molecule has 0 spiro atoms. The molecule has 1 aliphatic heterocycles. The molecule has 0 aliphatic carbocycles. The number of para-hydroxylation sites is 1. The maximum atomic E-state index is 12.5. The summed E-state index contributed by atoms with van der Waals surface area (Å²) in [7, 11) is 0. The molecule has 8 heteroatoms. The lowest BCUT2D eigenvalue weighted by Gasteiger charge is -2.35. The van der Waals surface area contributed by atoms with Crippen LogP contribution in [0.2, 0.25) is 0 Å². The average molecular weight is 407 g/mol. The van der Waals surface area contributed by atoms with Gasteiger partial charge in [0.25, 0.3) is 5.19 Å². The van der Waals surface area contributed by atoms with Gasteiger partial charge in [-0.25, -0.2) is 4.98 Å². The normalized spacial score (nSPS) is 16.5. The largest absolute Gasteiger partial charge is 0.431 e. The molecule has 0 atom stereocenters. The number of ether oxygens (including phenoxy) is 1. The number of halogens is 3. The topological polar surface area (TPSA) is 28.6 Å². The molecule has 4 nitrogen and oxygen atoms in total. The summed E-state index contributed by atoms with van der Waals surface area (Å²) in [6.07, 6.45) is -4.12. The van der Waals surface area contributed by atoms with Gasteiger partial charge in [0.2, 0.25) is 0 Å². The Labute approximate surface area is 165 Å². The van der Waals surface area contributed by atoms with Gasteiger partial charge in [0.1, 0.15) is 5.75 Å². The minimum atomic E-state index is -4.12. The predicted molar refractivity (Wildman–Crippen MR) is 104 cm³/mol. The molecule has 28 heavy (non-hydrogen) atoms. The summed E-state index contributed by atoms with van der Waals surface area (Å²) in [5, 5.41) is 0.606. The monoisotopic (exact) mass is 407 g/mol. The number of rotatable bonds is 5. The zero-order chi connectivity index (χ0) is 19.6. The van der Waals surface area contributed by atoms with E-state index in [1.807, 2.05) is 48.5 Å². The second kappa shape index (κ2) is 8.06. The van der Waals surface area contributed by atoms with Crippen molar-refractivity contribution >= 4 is 21.6 Å². The van der Waals surface area contributed by atoms with Crippen LogP contribution in [0.25, 0.3) is 10.2 Å². The first-order chi connectivity index (χ1) is 13.4. The van der Waals surface area contributed by atoms with Gasteiger partial charge in [0, 0.05) is 32.7 Å². The van der Waals surface area contributed by atoms with E-state index in [0.29, 0.717) is 31.4 Å². The summed E-state index contributed by atoms with van der Waals surface area (Å²) in [5.74, 6) is 0.720. The van der Waals surface area contributed by atoms with Crippen molar-refractivity contribution in [3.63, 3.8) is 0 Å². The van der Waals surface area contributed by atoms with Gasteiger partial charge in [-0.05, 0) is 29.8 Å². The molecule has 1 saturated heterocycles. The van der Waals surface area contributed by atoms with E-state index >= 15 is 0 Å². The summed E-state index contributed by atoms with van der Waals surface area (Å²) in [5.41, 5.74) is 2.03. The first kappa shape index (κ1) is 19.2. The van der Waals surface area contributed by atoms with Crippen LogP contribution >= 0.6 is 11.3 Å². The van der Waals surface area contributed by atoms with E-state index in [1.54, 1.807) is 0 Å². The Morgan fingerprint density at radius 3 is 2.29 bits per heavy atom. The van der Waals surface area contributed by atoms with E-state index in [-0.39, 0.29) is 0 Å². The molecular weight excluding hydrogens is 387 g/mol. The van der Waals surface area contributed by atoms with Gasteiger partial charge < -0.3 is 4.74 Å². The third-order valence-electron chi connectivity index (χ3n) is 4.68. The molecule has 0 saturated carbocycles. The highest BCUT2D eigenvalue weighted by atomic mass is 32.1. The summed E-state index contributed by atoms with van der Waals surface area (Å²) in [6, 6.07) is 15.7. The summed E-state index contributed by atoms with van der Waals surface area (Å²) in [6.45, 7) is 2.07. The maximum absolute atomic E-state index is 12.5. The van der Waals surface area contributed by atoms with Crippen LogP contribution in [0.5, 0.6) is 10.9 Å². The van der Waals surface area contributed by atoms with Crippen molar-refractivity contribution in [2.24, 2.45) is 0 Å². The van der Waals surface area contributed by atoms with Gasteiger partial charge in [0.05, 0.1) is 16.8 Å². The van der Waals surface area contributed by atoms with E-state index in [1.165, 1.54) is 16.2 Å². The molecule has 0 radical (unpaired) electrons. The van der Waals surface area contributed by atoms with E-state index in [0.717, 1.165) is 28.1 Å². The van der Waals surface area contributed by atoms with E-state index in [9.17, 15) is 13.2 Å². The highest BCUT2D eigenvalue weighted by Gasteiger charge is 2.32. The fraction of sp³-hybridized carbons (Fsp3) is 0.350. The summed E-state index contributed by atoms with van der Waals surface area (Å²) >= 11 is 1.50. The van der Waals surface area contributed by atoms with Crippen LogP contribution in [0, 0.1) is 0 Å². The number of aromatic nitrogens is 1. The fourth-order valence-corrected chi connectivity index (χ4v) is 4.11. The van der Waals surface area contributed by atoms with E-state index in [4.69, 9.17) is 4.74 Å². The van der Waals surface area contributed by atoms with E-state index < -0.39 is 12.7 Å². The van der Waals surface area contributed by atoms with Crippen molar-refractivity contribution in [3.05, 3.63) is 54.1 Å². The van der Waals surface area contributed by atoms with E-state index in [2.05, 4.69) is 9.88 Å². The highest BCUT2D eigenvalue weighted by Crippen LogP contribution is 2.31. The van der Waals surface area contributed by atoms with Gasteiger partial charge >= 0.3 is 6.18 Å². The van der Waals surface area contributed by atoms with Gasteiger partial charge in [-0.3, -0.25) is 9.80 Å². The third-order valence-corrected chi connectivity index (χ3v) is 5.59. The fourth-order valence-electron chi connectivity index (χ4n) is 3.28. The minimum absolute atomic E-state index is 0.443. The average Bonchev–Trinajstić information content (AvgIpc) is 3.06. The Morgan fingerprint density at radius 2 is 1.61 bits per heavy atom. The van der Waals surface area contributed by atoms with Gasteiger partial charge in [-0.1, -0.05) is 35.6 Å². The van der Waals surface area contributed by atoms with Crippen LogP contribution in [0.4, 0.5) is 13.2 Å². The van der Waals surface area contributed by atoms with Crippen LogP contribution in [-0.2, 0) is 6.54 Å². The van der Waals surface area contributed by atoms with Crippen molar-refractivity contribution in [3.8, 4) is 10.9 Å². The zero-order valence-corrected chi connectivity index (χ0v) is 16.0. The van der Waals surface area contributed by atoms with Crippen molar-refractivity contribution in [2.75, 3.05) is 32.7 Å². The molecular formula is C20H20F3N3OS. The van der Waals surface area contributed by atoms with Gasteiger partial charge in [0.15, 0.2) is 0 Å². The summed E-state index contributed by atoms with van der Waals surface area (Å²) < 4.78 is 44.3. The molecule has 148 valence electrons. The molecule has 3 aromatic rings. The lowest BCUT2D eigenvalue weighted by atomic mass is 10.2. The Kier molecular flexibility index (Phi) is 5.52. The lowest BCUT2D eigenvalue weighted by Crippen LogP contribution is -2.48. The number of thiazole rings is 1. The molecule has 0 amide bonds. The van der Waals surface area contributed by atoms with Crippen LogP contribution in [0.1, 0.15) is 5.56 Å². The highest BCUT2D eigenvalue weighted by molar-refractivity contribution is 7.20. The third kappa shape index (κ3) is 5.01. The molecule has 2 heterocycles. The molecule has 0 unspecified atom stereocenters. The molecule has 1 aliphatic rings. The molecule has 2 aromatic carbocycles. The number of piperazine rings is 1. The number of hydrogen-bond donors (Lipinski definition) is 0. The Hall–Kier alpha value is -2.16. The summed E-state index contributed by atoms with van der Waals surface area (Å²) in [4.78, 5) is 8.10. The minimum Gasteiger partial charge on any atom is -0.431 e. The first-order valence-electron chi connectivity index (χ1n) is 9.08. The quantitative estimate of drug-likeness (QED) is 0.609. The second-order valence-corrected chi connectivity index (χ2v) is 7.85. The zero-order valence-electron chi connectivity index (χ0n) is 15.2. The smallest absolute Gasteiger partial charge is 0.401 e. The number of benzene rings is 2.